The molecule has 1 heterocycles. The Bertz CT molecular complexity index is 579. The zero-order chi connectivity index (χ0) is 14.8. The Labute approximate surface area is 114 Å². The summed E-state index contributed by atoms with van der Waals surface area (Å²) in [5, 5.41) is 0. The number of hydrogen-bond acceptors (Lipinski definition) is 3. The second kappa shape index (κ2) is 5.40. The number of nitrogens with two attached hydrogens (primary N) is 1. The lowest BCUT2D eigenvalue weighted by Crippen LogP contribution is -2.19. The molecular formula is C14H14F3N3. The number of hydrogen-bond donors (Lipinski definition) is 1. The van der Waals surface area contributed by atoms with Crippen molar-refractivity contribution >= 4 is 11.5 Å². The number of nitrogen functional groups attached to an aromatic ring is 1. The van der Waals surface area contributed by atoms with E-state index in [0.29, 0.717) is 12.2 Å². The van der Waals surface area contributed by atoms with Gasteiger partial charge in [0.05, 0.1) is 0 Å². The van der Waals surface area contributed by atoms with Gasteiger partial charge >= 0.3 is 6.18 Å². The molecule has 0 saturated carbocycles. The molecule has 0 spiro atoms. The summed E-state index contributed by atoms with van der Waals surface area (Å²) in [6.07, 6.45) is -4.43. The molecule has 0 saturated heterocycles. The molecule has 20 heavy (non-hydrogen) atoms. The van der Waals surface area contributed by atoms with Gasteiger partial charge in [-0.15, -0.1) is 0 Å². The number of alkyl halides is 3. The van der Waals surface area contributed by atoms with Crippen molar-refractivity contribution in [1.82, 2.24) is 4.98 Å². The molecule has 1 aromatic carbocycles. The molecule has 0 radical (unpaired) electrons. The predicted molar refractivity (Wildman–Crippen MR) is 72.2 cm³/mol. The summed E-state index contributed by atoms with van der Waals surface area (Å²) in [5.74, 6) is 0.275. The van der Waals surface area contributed by atoms with Gasteiger partial charge in [0.1, 0.15) is 11.5 Å². The van der Waals surface area contributed by atoms with E-state index in [1.807, 2.05) is 12.1 Å². The van der Waals surface area contributed by atoms with Crippen LogP contribution in [0.15, 0.2) is 42.5 Å². The normalized spacial score (nSPS) is 11.4. The van der Waals surface area contributed by atoms with Gasteiger partial charge in [-0.3, -0.25) is 0 Å². The molecule has 1 aromatic heterocycles. The molecule has 0 aliphatic heterocycles. The Kier molecular flexibility index (Phi) is 3.83. The molecule has 0 unspecified atom stereocenters. The lowest BCUT2D eigenvalue weighted by molar-refractivity contribution is -0.141. The van der Waals surface area contributed by atoms with Crippen LogP contribution in [0.4, 0.5) is 24.7 Å². The first kappa shape index (κ1) is 14.2. The van der Waals surface area contributed by atoms with Crippen LogP contribution in [0.1, 0.15) is 11.3 Å². The fraction of sp³-hybridized carbons (Fsp3) is 0.214. The van der Waals surface area contributed by atoms with E-state index in [-0.39, 0.29) is 5.82 Å². The quantitative estimate of drug-likeness (QED) is 0.878. The average molecular weight is 281 g/mol. The molecule has 2 rings (SSSR count). The van der Waals surface area contributed by atoms with Crippen molar-refractivity contribution in [1.29, 1.82) is 0 Å². The fourth-order valence-electron chi connectivity index (χ4n) is 1.77. The lowest BCUT2D eigenvalue weighted by atomic mass is 10.2. The molecule has 2 N–H and O–H groups in total. The van der Waals surface area contributed by atoms with Crippen LogP contribution in [0.2, 0.25) is 0 Å². The van der Waals surface area contributed by atoms with Gasteiger partial charge in [0.2, 0.25) is 0 Å². The lowest BCUT2D eigenvalue weighted by Gasteiger charge is -2.19. The number of halogens is 3. The Morgan fingerprint density at radius 1 is 1.10 bits per heavy atom. The second-order valence-corrected chi connectivity index (χ2v) is 4.48. The van der Waals surface area contributed by atoms with E-state index in [0.717, 1.165) is 11.6 Å². The van der Waals surface area contributed by atoms with Crippen LogP contribution < -0.4 is 10.6 Å². The minimum Gasteiger partial charge on any atom is -0.399 e. The van der Waals surface area contributed by atoms with Gasteiger partial charge in [0, 0.05) is 19.3 Å². The van der Waals surface area contributed by atoms with Gasteiger partial charge in [-0.1, -0.05) is 18.2 Å². The summed E-state index contributed by atoms with van der Waals surface area (Å²) >= 11 is 0. The molecule has 0 fully saturated rings. The van der Waals surface area contributed by atoms with Crippen molar-refractivity contribution in [2.24, 2.45) is 0 Å². The largest absolute Gasteiger partial charge is 0.433 e. The molecule has 6 heteroatoms. The van der Waals surface area contributed by atoms with Crippen molar-refractivity contribution < 1.29 is 13.2 Å². The number of aromatic nitrogens is 1. The summed E-state index contributed by atoms with van der Waals surface area (Å²) in [6.45, 7) is 0.453. The van der Waals surface area contributed by atoms with Crippen LogP contribution >= 0.6 is 0 Å². The maximum absolute atomic E-state index is 12.6. The topological polar surface area (TPSA) is 42.1 Å². The van der Waals surface area contributed by atoms with E-state index < -0.39 is 11.9 Å². The Hall–Kier alpha value is -2.24. The highest BCUT2D eigenvalue weighted by Gasteiger charge is 2.32. The molecule has 0 aliphatic rings. The van der Waals surface area contributed by atoms with Crippen molar-refractivity contribution in [2.45, 2.75) is 12.7 Å². The minimum atomic E-state index is -4.43. The number of nitrogens with zero attached hydrogens (tertiary/aromatic N) is 2. The van der Waals surface area contributed by atoms with E-state index in [1.54, 1.807) is 30.1 Å². The maximum Gasteiger partial charge on any atom is 0.433 e. The van der Waals surface area contributed by atoms with Crippen LogP contribution in [-0.2, 0) is 12.7 Å². The molecule has 3 nitrogen and oxygen atoms in total. The van der Waals surface area contributed by atoms with E-state index in [4.69, 9.17) is 5.73 Å². The fourth-order valence-corrected chi connectivity index (χ4v) is 1.77. The van der Waals surface area contributed by atoms with Gasteiger partial charge < -0.3 is 10.6 Å². The summed E-state index contributed by atoms with van der Waals surface area (Å²) in [7, 11) is 1.69. The average Bonchev–Trinajstić information content (AvgIpc) is 2.40. The van der Waals surface area contributed by atoms with Crippen LogP contribution in [0.5, 0.6) is 0 Å². The van der Waals surface area contributed by atoms with E-state index in [2.05, 4.69) is 4.98 Å². The Morgan fingerprint density at radius 2 is 1.75 bits per heavy atom. The summed E-state index contributed by atoms with van der Waals surface area (Å²) in [5.41, 5.74) is 6.29. The molecule has 0 amide bonds. The van der Waals surface area contributed by atoms with Crippen molar-refractivity contribution in [3.63, 3.8) is 0 Å². The summed E-state index contributed by atoms with van der Waals surface area (Å²) < 4.78 is 37.8. The van der Waals surface area contributed by atoms with Crippen molar-refractivity contribution in [3.8, 4) is 0 Å². The highest BCUT2D eigenvalue weighted by atomic mass is 19.4. The SMILES string of the molecule is CN(Cc1ccc(N)cc1)c1cccc(C(F)(F)F)n1. The predicted octanol–water partition coefficient (Wildman–Crippen LogP) is 3.32. The van der Waals surface area contributed by atoms with Crippen LogP contribution in [0.25, 0.3) is 0 Å². The smallest absolute Gasteiger partial charge is 0.399 e. The van der Waals surface area contributed by atoms with Crippen molar-refractivity contribution in [2.75, 3.05) is 17.7 Å². The maximum atomic E-state index is 12.6. The minimum absolute atomic E-state index is 0.275. The second-order valence-electron chi connectivity index (χ2n) is 4.48. The standard InChI is InChI=1S/C14H14F3N3/c1-20(9-10-5-7-11(18)8-6-10)13-4-2-3-12(19-13)14(15,16)17/h2-8H,9,18H2,1H3. The van der Waals surface area contributed by atoms with E-state index in [1.165, 1.54) is 6.07 Å². The zero-order valence-corrected chi connectivity index (χ0v) is 10.9. The summed E-state index contributed by atoms with van der Waals surface area (Å²) in [6, 6.07) is 11.0. The molecule has 0 aliphatic carbocycles. The first-order chi connectivity index (χ1) is 9.36. The third-order valence-corrected chi connectivity index (χ3v) is 2.82. The molecule has 0 atom stereocenters. The number of rotatable bonds is 3. The van der Waals surface area contributed by atoms with E-state index in [9.17, 15) is 13.2 Å². The monoisotopic (exact) mass is 281 g/mol. The van der Waals surface area contributed by atoms with Gasteiger partial charge in [0.15, 0.2) is 0 Å². The summed E-state index contributed by atoms with van der Waals surface area (Å²) in [4.78, 5) is 5.29. The van der Waals surface area contributed by atoms with Gasteiger partial charge in [-0.2, -0.15) is 13.2 Å². The van der Waals surface area contributed by atoms with Crippen LogP contribution in [0, 0.1) is 0 Å². The third-order valence-electron chi connectivity index (χ3n) is 2.82. The first-order valence-electron chi connectivity index (χ1n) is 5.96. The molecule has 106 valence electrons. The van der Waals surface area contributed by atoms with Gasteiger partial charge in [0.25, 0.3) is 0 Å². The highest BCUT2D eigenvalue weighted by Crippen LogP contribution is 2.28. The Morgan fingerprint density at radius 3 is 2.35 bits per heavy atom. The molecule has 0 bridgehead atoms. The highest BCUT2D eigenvalue weighted by molar-refractivity contribution is 5.43. The van der Waals surface area contributed by atoms with Gasteiger partial charge in [-0.05, 0) is 29.8 Å². The Balaban J connectivity index is 2.17. The third kappa shape index (κ3) is 3.40. The number of anilines is 2. The number of benzene rings is 1. The first-order valence-corrected chi connectivity index (χ1v) is 5.96. The van der Waals surface area contributed by atoms with Crippen LogP contribution in [-0.4, -0.2) is 12.0 Å². The molecule has 2 aromatic rings. The number of pyridine rings is 1. The van der Waals surface area contributed by atoms with Crippen LogP contribution in [0.3, 0.4) is 0 Å². The van der Waals surface area contributed by atoms with E-state index >= 15 is 0 Å². The molecular weight excluding hydrogens is 267 g/mol. The van der Waals surface area contributed by atoms with Gasteiger partial charge in [-0.25, -0.2) is 4.98 Å². The van der Waals surface area contributed by atoms with Crippen molar-refractivity contribution in [3.05, 3.63) is 53.7 Å². The zero-order valence-electron chi connectivity index (χ0n) is 10.9.